The highest BCUT2D eigenvalue weighted by Gasteiger charge is 2.53. The van der Waals surface area contributed by atoms with Crippen molar-refractivity contribution in [2.45, 2.75) is 147 Å². The quantitative estimate of drug-likeness (QED) is 0.0553. The largest absolute Gasteiger partial charge is 0.508 e. The van der Waals surface area contributed by atoms with Gasteiger partial charge in [0, 0.05) is 77.1 Å². The first-order valence-electron chi connectivity index (χ1n) is 30.9. The molecule has 5 aliphatic rings. The number of benzene rings is 3. The van der Waals surface area contributed by atoms with Crippen LogP contribution in [0, 0.1) is 24.0 Å². The molecule has 6 aromatic rings. The van der Waals surface area contributed by atoms with Crippen molar-refractivity contribution < 1.29 is 52.4 Å². The number of aryl methyl sites for hydroxylation is 2. The molecular weight excluding hydrogens is 1150 g/mol. The Kier molecular flexibility index (Phi) is 18.1. The topological polar surface area (TPSA) is 230 Å². The van der Waals surface area contributed by atoms with Gasteiger partial charge >= 0.3 is 6.01 Å². The van der Waals surface area contributed by atoms with Crippen molar-refractivity contribution in [2.24, 2.45) is 5.41 Å². The number of pyridine rings is 1. The van der Waals surface area contributed by atoms with Gasteiger partial charge in [-0.15, -0.1) is 11.3 Å². The molecule has 3 aromatic heterocycles. The summed E-state index contributed by atoms with van der Waals surface area (Å²) in [6, 6.07) is 10.4. The van der Waals surface area contributed by atoms with Gasteiger partial charge in [0.05, 0.1) is 45.6 Å². The number of hydrogen-bond acceptors (Lipinski definition) is 16. The number of aliphatic hydroxyl groups is 2. The lowest BCUT2D eigenvalue weighted by atomic mass is 9.85. The van der Waals surface area contributed by atoms with Crippen LogP contribution in [0.3, 0.4) is 0 Å². The van der Waals surface area contributed by atoms with E-state index in [1.54, 1.807) is 39.3 Å². The predicted octanol–water partition coefficient (Wildman–Crippen LogP) is 7.79. The van der Waals surface area contributed by atoms with Crippen LogP contribution >= 0.6 is 11.3 Å². The van der Waals surface area contributed by atoms with Crippen molar-refractivity contribution >= 4 is 62.5 Å². The Bertz CT molecular complexity index is 3580. The predicted molar refractivity (Wildman–Crippen MR) is 329 cm³/mol. The van der Waals surface area contributed by atoms with E-state index in [0.29, 0.717) is 97.9 Å². The lowest BCUT2D eigenvalue weighted by molar-refractivity contribution is -0.145. The number of alkyl halides is 1. The van der Waals surface area contributed by atoms with Crippen molar-refractivity contribution in [3.05, 3.63) is 88.7 Å². The number of rotatable bonds is 18. The number of halogens is 3. The van der Waals surface area contributed by atoms with E-state index in [4.69, 9.17) is 9.72 Å². The van der Waals surface area contributed by atoms with Crippen molar-refractivity contribution in [3.63, 3.8) is 0 Å². The molecule has 7 heterocycles. The number of carbonyl (C=O) groups excluding carboxylic acids is 4. The lowest BCUT2D eigenvalue weighted by Gasteiger charge is -2.38. The third kappa shape index (κ3) is 13.6. The molecule has 0 spiro atoms. The second-order valence-corrected chi connectivity index (χ2v) is 26.9. The summed E-state index contributed by atoms with van der Waals surface area (Å²) in [4.78, 5) is 85.2. The summed E-state index contributed by atoms with van der Waals surface area (Å²) in [7, 11) is 0. The molecule has 3 aromatic carbocycles. The molecule has 0 radical (unpaired) electrons. The number of likely N-dealkylation sites (tertiary alicyclic amines) is 2. The molecule has 4 saturated heterocycles. The Hall–Kier alpha value is -7.05. The molecule has 5 atom stereocenters. The molecule has 1 aliphatic carbocycles. The number of carbonyl (C=O) groups is 4. The van der Waals surface area contributed by atoms with E-state index in [1.165, 1.54) is 40.6 Å². The first-order chi connectivity index (χ1) is 41.9. The Balaban J connectivity index is 0.707. The van der Waals surface area contributed by atoms with E-state index in [0.717, 1.165) is 48.7 Å². The van der Waals surface area contributed by atoms with Gasteiger partial charge in [0.1, 0.15) is 46.8 Å². The summed E-state index contributed by atoms with van der Waals surface area (Å²) >= 11 is 1.51. The number of aromatic nitrogens is 4. The van der Waals surface area contributed by atoms with Crippen LogP contribution in [-0.4, -0.2) is 186 Å². The number of hydrogen-bond donors (Lipinski definition) is 5. The fourth-order valence-corrected chi connectivity index (χ4v) is 13.9. The van der Waals surface area contributed by atoms with Crippen LogP contribution in [0.15, 0.2) is 60.2 Å². The maximum atomic E-state index is 17.2. The van der Waals surface area contributed by atoms with Crippen LogP contribution in [0.25, 0.3) is 43.4 Å². The standard InChI is InChI=1S/C65H80F3N11O8S/c1-7-45-48(66)15-14-41-30-42(80)31-46(52(41)45)54-53(67)55-47(34-69-54)58(78-23-8-18-64(6,86)36-78)74-62(72-55)87-44-16-24-75(25-17-44)21-9-22-76-26-28-77(29-27-76)51(82)33-49(39-10-12-40(13-11-39)56-38(2)70-37-88-56)71-59(83)50-32-43(81)35-79(50)60(84)57(63(3,4)5)73-61(85)65(68)19-20-65/h10-15,30-31,34,37,43-44,49-50,57,80-81,86H,7-9,16-29,32-33,35-36H2,1-6H3,(H,71,83)(H,73,85)/t43-,49+,50+,57-,64-/m1/s1. The Morgan fingerprint density at radius 3 is 2.28 bits per heavy atom. The lowest BCUT2D eigenvalue weighted by Crippen LogP contribution is -2.59. The molecule has 23 heteroatoms. The average Bonchev–Trinajstić information content (AvgIpc) is 1.43. The molecular formula is C65H80F3N11O8S. The zero-order valence-electron chi connectivity index (χ0n) is 51.0. The van der Waals surface area contributed by atoms with E-state index in [-0.39, 0.29) is 79.3 Å². The number of β-amino-alcohol motifs (C(OH)–C–C–N with tert-alkyl or cyclic N) is 2. The fraction of sp³-hybridized carbons (Fsp3) is 0.538. The number of nitrogens with zero attached hydrogens (tertiary/aromatic N) is 9. The van der Waals surface area contributed by atoms with Crippen molar-refractivity contribution in [3.8, 4) is 33.5 Å². The summed E-state index contributed by atoms with van der Waals surface area (Å²) in [5, 5.41) is 39.8. The number of piperidine rings is 2. The summed E-state index contributed by atoms with van der Waals surface area (Å²) < 4.78 is 53.8. The van der Waals surface area contributed by atoms with Crippen molar-refractivity contribution in [1.82, 2.24) is 50.2 Å². The van der Waals surface area contributed by atoms with Crippen LogP contribution in [0.1, 0.15) is 115 Å². The summed E-state index contributed by atoms with van der Waals surface area (Å²) in [5.74, 6) is -3.08. The van der Waals surface area contributed by atoms with E-state index in [2.05, 4.69) is 35.4 Å². The molecule has 11 rings (SSSR count). The highest BCUT2D eigenvalue weighted by molar-refractivity contribution is 7.13. The van der Waals surface area contributed by atoms with Crippen LogP contribution < -0.4 is 20.3 Å². The molecule has 1 saturated carbocycles. The van der Waals surface area contributed by atoms with Crippen LogP contribution in [-0.2, 0) is 25.6 Å². The van der Waals surface area contributed by atoms with E-state index in [9.17, 15) is 38.9 Å². The van der Waals surface area contributed by atoms with Gasteiger partial charge in [-0.2, -0.15) is 9.97 Å². The monoisotopic (exact) mass is 1230 g/mol. The maximum Gasteiger partial charge on any atom is 0.319 e. The molecule has 5 N–H and O–H groups in total. The summed E-state index contributed by atoms with van der Waals surface area (Å²) in [5.41, 5.74) is 0.901. The number of phenols is 1. The normalized spacial score (nSPS) is 21.8. The van der Waals surface area contributed by atoms with Crippen LogP contribution in [0.4, 0.5) is 19.0 Å². The summed E-state index contributed by atoms with van der Waals surface area (Å²) in [6.45, 7) is 16.9. The fourth-order valence-electron chi connectivity index (χ4n) is 13.1. The second kappa shape index (κ2) is 25.4. The first-order valence-corrected chi connectivity index (χ1v) is 31.8. The molecule has 5 fully saturated rings. The third-order valence-electron chi connectivity index (χ3n) is 18.2. The van der Waals surface area contributed by atoms with Gasteiger partial charge in [-0.05, 0) is 129 Å². The number of thiazole rings is 1. The number of fused-ring (bicyclic) bond motifs is 2. The number of piperazine rings is 1. The van der Waals surface area contributed by atoms with Gasteiger partial charge in [0.15, 0.2) is 11.5 Å². The number of phenolic OH excluding ortho intramolecular Hbond substituents is 1. The second-order valence-electron chi connectivity index (χ2n) is 26.0. The Labute approximate surface area is 514 Å². The third-order valence-corrected chi connectivity index (χ3v) is 19.2. The smallest absolute Gasteiger partial charge is 0.319 e. The van der Waals surface area contributed by atoms with Crippen molar-refractivity contribution in [1.29, 1.82) is 0 Å². The number of ether oxygens (including phenoxy) is 1. The number of amides is 4. The summed E-state index contributed by atoms with van der Waals surface area (Å²) in [6.07, 6.45) is 4.12. The maximum absolute atomic E-state index is 17.2. The minimum Gasteiger partial charge on any atom is -0.508 e. The molecule has 19 nitrogen and oxygen atoms in total. The molecule has 4 amide bonds. The zero-order chi connectivity index (χ0) is 62.4. The Morgan fingerprint density at radius 1 is 0.909 bits per heavy atom. The average molecular weight is 1230 g/mol. The van der Waals surface area contributed by atoms with Gasteiger partial charge in [-0.25, -0.2) is 18.2 Å². The highest BCUT2D eigenvalue weighted by Crippen LogP contribution is 2.42. The van der Waals surface area contributed by atoms with Crippen LogP contribution in [0.2, 0.25) is 0 Å². The van der Waals surface area contributed by atoms with E-state index >= 15 is 8.78 Å². The van der Waals surface area contributed by atoms with Gasteiger partial charge < -0.3 is 50.3 Å². The van der Waals surface area contributed by atoms with Gasteiger partial charge in [-0.1, -0.05) is 58.0 Å². The van der Waals surface area contributed by atoms with Crippen LogP contribution in [0.5, 0.6) is 11.8 Å². The Morgan fingerprint density at radius 2 is 1.62 bits per heavy atom. The van der Waals surface area contributed by atoms with Gasteiger partial charge in [0.25, 0.3) is 5.91 Å². The minimum atomic E-state index is -2.02. The minimum absolute atomic E-state index is 0.00387. The van der Waals surface area contributed by atoms with E-state index in [1.807, 2.05) is 47.9 Å². The zero-order valence-corrected chi connectivity index (χ0v) is 51.8. The first kappa shape index (κ1) is 62.6. The van der Waals surface area contributed by atoms with Gasteiger partial charge in [0.2, 0.25) is 17.7 Å². The molecule has 0 bridgehead atoms. The number of nitrogens with one attached hydrogen (secondary N) is 2. The number of aliphatic hydroxyl groups excluding tert-OH is 1. The van der Waals surface area contributed by atoms with Gasteiger partial charge in [-0.3, -0.25) is 29.1 Å². The number of aromatic hydroxyl groups is 1. The molecule has 470 valence electrons. The molecule has 0 unspecified atom stereocenters. The molecule has 4 aliphatic heterocycles. The number of anilines is 1. The highest BCUT2D eigenvalue weighted by atomic mass is 32.1. The van der Waals surface area contributed by atoms with E-state index < -0.39 is 70.3 Å². The van der Waals surface area contributed by atoms with Crippen molar-refractivity contribution in [2.75, 3.05) is 76.9 Å². The SMILES string of the molecule is CCc1c(F)ccc2cc(O)cc(-c3ncc4c(N5CCC[C@@](C)(O)C5)nc(OC5CCN(CCCN6CCN(C(=O)C[C@H](NC(=O)[C@@H]7C[C@@H](O)CN7C(=O)[C@@H](NC(=O)C7(F)CC7)C(C)(C)C)c7ccc(-c8scnc8C)cc7)CC6)CC5)nc4c3F)c12. The molecule has 88 heavy (non-hydrogen) atoms.